The molecule has 0 saturated carbocycles. The van der Waals surface area contributed by atoms with Crippen LogP contribution in [0.25, 0.3) is 5.65 Å². The van der Waals surface area contributed by atoms with Crippen molar-refractivity contribution >= 4 is 11.5 Å². The minimum atomic E-state index is -0.248. The Hall–Kier alpha value is -1.85. The summed E-state index contributed by atoms with van der Waals surface area (Å²) in [4.78, 5) is 15.9. The van der Waals surface area contributed by atoms with E-state index in [1.54, 1.807) is 13.0 Å². The average molecular weight is 249 g/mol. The van der Waals surface area contributed by atoms with Crippen molar-refractivity contribution in [2.24, 2.45) is 0 Å². The Balaban J connectivity index is 2.32. The number of fused-ring (bicyclic) bond motifs is 1. The molecular weight excluding hydrogens is 230 g/mol. The summed E-state index contributed by atoms with van der Waals surface area (Å²) < 4.78 is 1.46. The highest BCUT2D eigenvalue weighted by Crippen LogP contribution is 2.12. The predicted molar refractivity (Wildman–Crippen MR) is 71.0 cm³/mol. The molecule has 0 saturated heterocycles. The number of anilines is 1. The lowest BCUT2D eigenvalue weighted by Gasteiger charge is -2.16. The predicted octanol–water partition coefficient (Wildman–Crippen LogP) is 1.72. The van der Waals surface area contributed by atoms with Gasteiger partial charge in [-0.05, 0) is 19.8 Å². The van der Waals surface area contributed by atoms with Crippen molar-refractivity contribution in [1.29, 1.82) is 0 Å². The smallest absolute Gasteiger partial charge is 0.349 e. The first-order valence-electron chi connectivity index (χ1n) is 6.37. The fourth-order valence-electron chi connectivity index (χ4n) is 2.11. The molecule has 6 nitrogen and oxygen atoms in total. The van der Waals surface area contributed by atoms with E-state index >= 15 is 0 Å². The molecule has 0 spiro atoms. The van der Waals surface area contributed by atoms with Crippen molar-refractivity contribution in [2.45, 2.75) is 46.1 Å². The third-order valence-corrected chi connectivity index (χ3v) is 3.05. The highest BCUT2D eigenvalue weighted by molar-refractivity contribution is 5.50. The number of nitrogens with one attached hydrogen (secondary N) is 2. The Kier molecular flexibility index (Phi) is 3.64. The lowest BCUT2D eigenvalue weighted by Crippen LogP contribution is -2.20. The van der Waals surface area contributed by atoms with Crippen molar-refractivity contribution in [3.63, 3.8) is 0 Å². The first kappa shape index (κ1) is 12.6. The Morgan fingerprint density at radius 1 is 1.50 bits per heavy atom. The summed E-state index contributed by atoms with van der Waals surface area (Å²) in [6.07, 6.45) is 3.29. The number of H-pyrrole nitrogens is 1. The summed E-state index contributed by atoms with van der Waals surface area (Å²) in [5.41, 5.74) is 0.350. The van der Waals surface area contributed by atoms with Crippen LogP contribution in [-0.4, -0.2) is 25.6 Å². The van der Waals surface area contributed by atoms with E-state index in [9.17, 15) is 4.79 Å². The van der Waals surface area contributed by atoms with Gasteiger partial charge in [0.15, 0.2) is 5.65 Å². The van der Waals surface area contributed by atoms with Crippen LogP contribution in [0.2, 0.25) is 0 Å². The molecular formula is C12H19N5O. The van der Waals surface area contributed by atoms with E-state index in [-0.39, 0.29) is 5.69 Å². The van der Waals surface area contributed by atoms with Crippen LogP contribution in [0.3, 0.4) is 0 Å². The molecule has 0 radical (unpaired) electrons. The van der Waals surface area contributed by atoms with E-state index in [2.05, 4.69) is 34.3 Å². The maximum atomic E-state index is 11.5. The van der Waals surface area contributed by atoms with Gasteiger partial charge >= 0.3 is 5.69 Å². The summed E-state index contributed by atoms with van der Waals surface area (Å²) in [7, 11) is 0. The quantitative estimate of drug-likeness (QED) is 0.846. The zero-order valence-electron chi connectivity index (χ0n) is 11.0. The second kappa shape index (κ2) is 5.20. The van der Waals surface area contributed by atoms with Crippen molar-refractivity contribution in [3.8, 4) is 0 Å². The van der Waals surface area contributed by atoms with E-state index in [1.807, 2.05) is 0 Å². The Bertz CT molecular complexity index is 586. The van der Waals surface area contributed by atoms with E-state index in [0.717, 1.165) is 25.1 Å². The van der Waals surface area contributed by atoms with Crippen molar-refractivity contribution in [3.05, 3.63) is 22.4 Å². The standard InChI is InChI=1S/C12H19N5O/c1-4-6-9(5-2)14-10-7-11-15-16-12(18)17(11)8(3)13-10/h7,9,14H,4-6H2,1-3H3,(H,16,18). The maximum Gasteiger partial charge on any atom is 0.349 e. The normalized spacial score (nSPS) is 12.8. The van der Waals surface area contributed by atoms with Crippen LogP contribution >= 0.6 is 0 Å². The van der Waals surface area contributed by atoms with Crippen LogP contribution in [0.4, 0.5) is 5.82 Å². The summed E-state index contributed by atoms with van der Waals surface area (Å²) in [5.74, 6) is 1.42. The topological polar surface area (TPSA) is 75.1 Å². The first-order chi connectivity index (χ1) is 8.65. The molecule has 2 rings (SSSR count). The second-order valence-corrected chi connectivity index (χ2v) is 4.45. The SMILES string of the molecule is CCCC(CC)Nc1cc2n[nH]c(=O)n2c(C)n1. The Morgan fingerprint density at radius 2 is 2.28 bits per heavy atom. The minimum Gasteiger partial charge on any atom is -0.367 e. The van der Waals surface area contributed by atoms with E-state index in [1.165, 1.54) is 4.40 Å². The molecule has 0 aliphatic rings. The van der Waals surface area contributed by atoms with Gasteiger partial charge in [-0.1, -0.05) is 20.3 Å². The number of aryl methyl sites for hydroxylation is 1. The van der Waals surface area contributed by atoms with Crippen LogP contribution in [0.15, 0.2) is 10.9 Å². The number of nitrogens with zero attached hydrogens (tertiary/aromatic N) is 3. The largest absolute Gasteiger partial charge is 0.367 e. The van der Waals surface area contributed by atoms with Crippen molar-refractivity contribution < 1.29 is 0 Å². The van der Waals surface area contributed by atoms with Gasteiger partial charge in [-0.3, -0.25) is 0 Å². The lowest BCUT2D eigenvalue weighted by atomic mass is 10.1. The molecule has 6 heteroatoms. The summed E-state index contributed by atoms with van der Waals surface area (Å²) >= 11 is 0. The van der Waals surface area contributed by atoms with E-state index in [4.69, 9.17) is 0 Å². The van der Waals surface area contributed by atoms with Gasteiger partial charge in [0.05, 0.1) is 0 Å². The molecule has 0 fully saturated rings. The first-order valence-corrected chi connectivity index (χ1v) is 6.37. The number of rotatable bonds is 5. The van der Waals surface area contributed by atoms with Gasteiger partial charge in [-0.2, -0.15) is 5.10 Å². The molecule has 0 amide bonds. The molecule has 2 aromatic heterocycles. The number of aromatic amines is 1. The zero-order chi connectivity index (χ0) is 13.1. The van der Waals surface area contributed by atoms with Gasteiger partial charge in [-0.25, -0.2) is 19.3 Å². The lowest BCUT2D eigenvalue weighted by molar-refractivity contribution is 0.620. The van der Waals surface area contributed by atoms with Crippen molar-refractivity contribution in [1.82, 2.24) is 19.6 Å². The minimum absolute atomic E-state index is 0.248. The third-order valence-electron chi connectivity index (χ3n) is 3.05. The monoisotopic (exact) mass is 249 g/mol. The van der Waals surface area contributed by atoms with Gasteiger partial charge in [0.25, 0.3) is 0 Å². The average Bonchev–Trinajstić information content (AvgIpc) is 2.71. The highest BCUT2D eigenvalue weighted by Gasteiger charge is 2.10. The molecule has 0 aromatic carbocycles. The molecule has 2 heterocycles. The van der Waals surface area contributed by atoms with Crippen LogP contribution in [0.5, 0.6) is 0 Å². The van der Waals surface area contributed by atoms with E-state index < -0.39 is 0 Å². The molecule has 1 unspecified atom stereocenters. The fourth-order valence-corrected chi connectivity index (χ4v) is 2.11. The molecule has 98 valence electrons. The summed E-state index contributed by atoms with van der Waals surface area (Å²) in [5, 5.41) is 9.78. The third kappa shape index (κ3) is 2.37. The molecule has 1 atom stereocenters. The molecule has 2 N–H and O–H groups in total. The van der Waals surface area contributed by atoms with Gasteiger partial charge in [0, 0.05) is 12.1 Å². The molecule has 0 bridgehead atoms. The van der Waals surface area contributed by atoms with E-state index in [0.29, 0.717) is 17.5 Å². The fraction of sp³-hybridized carbons (Fsp3) is 0.583. The Labute approximate surface area is 105 Å². The van der Waals surface area contributed by atoms with Crippen LogP contribution in [0, 0.1) is 6.92 Å². The second-order valence-electron chi connectivity index (χ2n) is 4.45. The van der Waals surface area contributed by atoms with Gasteiger partial charge in [-0.15, -0.1) is 0 Å². The maximum absolute atomic E-state index is 11.5. The number of hydrogen-bond donors (Lipinski definition) is 2. The van der Waals surface area contributed by atoms with Gasteiger partial charge in [0.1, 0.15) is 11.6 Å². The number of aromatic nitrogens is 4. The van der Waals surface area contributed by atoms with Crippen LogP contribution in [0.1, 0.15) is 38.9 Å². The summed E-state index contributed by atoms with van der Waals surface area (Å²) in [6.45, 7) is 6.12. The zero-order valence-corrected chi connectivity index (χ0v) is 11.0. The molecule has 0 aliphatic heterocycles. The van der Waals surface area contributed by atoms with Crippen LogP contribution in [-0.2, 0) is 0 Å². The summed E-state index contributed by atoms with van der Waals surface area (Å²) in [6, 6.07) is 2.21. The molecule has 0 aliphatic carbocycles. The highest BCUT2D eigenvalue weighted by atomic mass is 16.1. The van der Waals surface area contributed by atoms with Crippen LogP contribution < -0.4 is 11.0 Å². The van der Waals surface area contributed by atoms with Crippen molar-refractivity contribution in [2.75, 3.05) is 5.32 Å². The van der Waals surface area contributed by atoms with Gasteiger partial charge < -0.3 is 5.32 Å². The Morgan fingerprint density at radius 3 is 2.94 bits per heavy atom. The molecule has 2 aromatic rings. The molecule has 18 heavy (non-hydrogen) atoms. The van der Waals surface area contributed by atoms with Gasteiger partial charge in [0.2, 0.25) is 0 Å². The number of hydrogen-bond acceptors (Lipinski definition) is 4.